The molecule has 0 spiro atoms. The maximum Gasteiger partial charge on any atom is 0.338 e. The average Bonchev–Trinajstić information content (AvgIpc) is 2.59. The number of carboxylic acids is 1. The predicted octanol–water partition coefficient (Wildman–Crippen LogP) is 1.23. The van der Waals surface area contributed by atoms with Crippen LogP contribution in [0.3, 0.4) is 0 Å². The van der Waals surface area contributed by atoms with Gasteiger partial charge in [-0.2, -0.15) is 0 Å². The number of aromatic carboxylic acids is 1. The van der Waals surface area contributed by atoms with E-state index >= 15 is 0 Å². The number of ether oxygens (including phenoxy) is 5. The molecule has 1 aromatic rings. The zero-order valence-corrected chi connectivity index (χ0v) is 13.8. The van der Waals surface area contributed by atoms with E-state index in [9.17, 15) is 9.59 Å². The summed E-state index contributed by atoms with van der Waals surface area (Å²) in [5, 5.41) is 9.06. The number of hydrogen-bond acceptors (Lipinski definition) is 7. The Labute approximate surface area is 140 Å². The lowest BCUT2D eigenvalue weighted by Crippen LogP contribution is -2.13. The zero-order chi connectivity index (χ0) is 17.8. The first-order valence-corrected chi connectivity index (χ1v) is 7.32. The quantitative estimate of drug-likeness (QED) is 0.447. The number of carboxylic acid groups (broad SMARTS) is 1. The first kappa shape index (κ1) is 19.9. The van der Waals surface area contributed by atoms with Crippen molar-refractivity contribution in [1.29, 1.82) is 0 Å². The fourth-order valence-corrected chi connectivity index (χ4v) is 1.72. The van der Waals surface area contributed by atoms with Crippen LogP contribution in [-0.4, -0.2) is 70.9 Å². The third-order valence-electron chi connectivity index (χ3n) is 2.87. The normalized spacial score (nSPS) is 10.4. The van der Waals surface area contributed by atoms with Gasteiger partial charge in [0.05, 0.1) is 51.3 Å². The van der Waals surface area contributed by atoms with Crippen LogP contribution in [0.2, 0.25) is 0 Å². The molecule has 134 valence electrons. The second-order valence-electron chi connectivity index (χ2n) is 4.61. The number of methoxy groups -OCH3 is 2. The van der Waals surface area contributed by atoms with Crippen molar-refractivity contribution in [3.8, 4) is 5.75 Å². The third-order valence-corrected chi connectivity index (χ3v) is 2.87. The van der Waals surface area contributed by atoms with E-state index in [1.807, 2.05) is 0 Å². The minimum atomic E-state index is -1.16. The molecule has 0 aliphatic heterocycles. The summed E-state index contributed by atoms with van der Waals surface area (Å²) in [7, 11) is 2.82. The van der Waals surface area contributed by atoms with Gasteiger partial charge in [-0.25, -0.2) is 9.59 Å². The summed E-state index contributed by atoms with van der Waals surface area (Å²) < 4.78 is 25.4. The van der Waals surface area contributed by atoms with Gasteiger partial charge < -0.3 is 28.8 Å². The van der Waals surface area contributed by atoms with Crippen LogP contribution in [0, 0.1) is 0 Å². The minimum Gasteiger partial charge on any atom is -0.491 e. The molecule has 24 heavy (non-hydrogen) atoms. The topological polar surface area (TPSA) is 101 Å². The van der Waals surface area contributed by atoms with E-state index in [1.54, 1.807) is 7.11 Å². The van der Waals surface area contributed by atoms with Gasteiger partial charge in [0.2, 0.25) is 0 Å². The van der Waals surface area contributed by atoms with E-state index in [2.05, 4.69) is 4.74 Å². The molecule has 0 saturated heterocycles. The Morgan fingerprint density at radius 2 is 1.46 bits per heavy atom. The molecule has 1 rings (SSSR count). The van der Waals surface area contributed by atoms with Crippen LogP contribution in [-0.2, 0) is 18.9 Å². The highest BCUT2D eigenvalue weighted by Crippen LogP contribution is 2.18. The number of hydrogen-bond donors (Lipinski definition) is 1. The van der Waals surface area contributed by atoms with E-state index in [0.29, 0.717) is 33.0 Å². The Hall–Kier alpha value is -2.16. The fraction of sp³-hybridized carbons (Fsp3) is 0.500. The van der Waals surface area contributed by atoms with Crippen molar-refractivity contribution < 1.29 is 38.4 Å². The van der Waals surface area contributed by atoms with Crippen LogP contribution in [0.4, 0.5) is 0 Å². The minimum absolute atomic E-state index is 0.0552. The fourth-order valence-electron chi connectivity index (χ4n) is 1.72. The van der Waals surface area contributed by atoms with Crippen LogP contribution in [0.1, 0.15) is 20.7 Å². The van der Waals surface area contributed by atoms with E-state index in [4.69, 9.17) is 24.1 Å². The lowest BCUT2D eigenvalue weighted by Gasteiger charge is -2.10. The highest BCUT2D eigenvalue weighted by Gasteiger charge is 2.13. The molecule has 0 aliphatic rings. The van der Waals surface area contributed by atoms with Gasteiger partial charge in [0.25, 0.3) is 0 Å². The summed E-state index contributed by atoms with van der Waals surface area (Å²) in [6.45, 7) is 2.42. The second kappa shape index (κ2) is 11.4. The van der Waals surface area contributed by atoms with Crippen molar-refractivity contribution in [1.82, 2.24) is 0 Å². The molecule has 0 heterocycles. The zero-order valence-electron chi connectivity index (χ0n) is 13.8. The molecule has 0 radical (unpaired) electrons. The number of benzene rings is 1. The molecular weight excluding hydrogens is 320 g/mol. The van der Waals surface area contributed by atoms with Gasteiger partial charge in [-0.05, 0) is 18.2 Å². The number of carbonyl (C=O) groups excluding carboxylic acids is 1. The monoisotopic (exact) mass is 342 g/mol. The smallest absolute Gasteiger partial charge is 0.338 e. The van der Waals surface area contributed by atoms with Crippen molar-refractivity contribution in [3.63, 3.8) is 0 Å². The molecule has 0 unspecified atom stereocenters. The molecule has 1 N–H and O–H groups in total. The van der Waals surface area contributed by atoms with Crippen molar-refractivity contribution in [2.24, 2.45) is 0 Å². The summed E-state index contributed by atoms with van der Waals surface area (Å²) in [5.41, 5.74) is 0.0558. The molecule has 0 bridgehead atoms. The predicted molar refractivity (Wildman–Crippen MR) is 83.7 cm³/mol. The van der Waals surface area contributed by atoms with E-state index in [-0.39, 0.29) is 23.5 Å². The summed E-state index contributed by atoms with van der Waals surface area (Å²) in [4.78, 5) is 22.6. The average molecular weight is 342 g/mol. The number of rotatable bonds is 12. The van der Waals surface area contributed by atoms with Crippen molar-refractivity contribution in [3.05, 3.63) is 29.3 Å². The summed E-state index contributed by atoms with van der Waals surface area (Å²) in [6, 6.07) is 3.99. The Kier molecular flexibility index (Phi) is 9.44. The third kappa shape index (κ3) is 7.40. The highest BCUT2D eigenvalue weighted by atomic mass is 16.6. The molecule has 0 aromatic heterocycles. The van der Waals surface area contributed by atoms with Crippen LogP contribution >= 0.6 is 0 Å². The van der Waals surface area contributed by atoms with Crippen molar-refractivity contribution in [2.75, 3.05) is 53.9 Å². The van der Waals surface area contributed by atoms with Gasteiger partial charge in [-0.3, -0.25) is 0 Å². The molecule has 8 nitrogen and oxygen atoms in total. The SMILES string of the molecule is COCCOCCOCCOc1cc(C(=O)O)cc(C(=O)OC)c1. The lowest BCUT2D eigenvalue weighted by atomic mass is 10.1. The number of esters is 1. The van der Waals surface area contributed by atoms with Gasteiger partial charge in [0, 0.05) is 7.11 Å². The highest BCUT2D eigenvalue weighted by molar-refractivity contribution is 5.95. The molecule has 0 fully saturated rings. The molecule has 0 saturated carbocycles. The lowest BCUT2D eigenvalue weighted by molar-refractivity contribution is 0.0179. The first-order chi connectivity index (χ1) is 11.6. The summed E-state index contributed by atoms with van der Waals surface area (Å²) in [5.74, 6) is -1.53. The van der Waals surface area contributed by atoms with Crippen molar-refractivity contribution in [2.45, 2.75) is 0 Å². The van der Waals surface area contributed by atoms with Gasteiger partial charge in [-0.1, -0.05) is 0 Å². The Balaban J connectivity index is 2.40. The Bertz CT molecular complexity index is 529. The van der Waals surface area contributed by atoms with Gasteiger partial charge in [0.1, 0.15) is 12.4 Å². The van der Waals surface area contributed by atoms with Gasteiger partial charge in [-0.15, -0.1) is 0 Å². The summed E-state index contributed by atoms with van der Waals surface area (Å²) in [6.07, 6.45) is 0. The standard InChI is InChI=1S/C16H22O8/c1-20-3-4-22-5-6-23-7-8-24-14-10-12(15(17)18)9-13(11-14)16(19)21-2/h9-11H,3-8H2,1-2H3,(H,17,18). The Morgan fingerprint density at radius 1 is 0.875 bits per heavy atom. The maximum absolute atomic E-state index is 11.5. The molecule has 0 atom stereocenters. The first-order valence-electron chi connectivity index (χ1n) is 7.32. The molecule has 8 heteroatoms. The molecule has 0 amide bonds. The van der Waals surface area contributed by atoms with E-state index in [0.717, 1.165) is 0 Å². The van der Waals surface area contributed by atoms with Crippen molar-refractivity contribution >= 4 is 11.9 Å². The van der Waals surface area contributed by atoms with Crippen LogP contribution in [0.5, 0.6) is 5.75 Å². The van der Waals surface area contributed by atoms with E-state index < -0.39 is 11.9 Å². The van der Waals surface area contributed by atoms with Gasteiger partial charge >= 0.3 is 11.9 Å². The van der Waals surface area contributed by atoms with E-state index in [1.165, 1.54) is 25.3 Å². The van der Waals surface area contributed by atoms with Crippen LogP contribution < -0.4 is 4.74 Å². The molecule has 0 aliphatic carbocycles. The van der Waals surface area contributed by atoms with Crippen LogP contribution in [0.15, 0.2) is 18.2 Å². The molecular formula is C16H22O8. The van der Waals surface area contributed by atoms with Gasteiger partial charge in [0.15, 0.2) is 0 Å². The second-order valence-corrected chi connectivity index (χ2v) is 4.61. The molecule has 1 aromatic carbocycles. The largest absolute Gasteiger partial charge is 0.491 e. The number of carbonyl (C=O) groups is 2. The maximum atomic E-state index is 11.5. The van der Waals surface area contributed by atoms with Crippen LogP contribution in [0.25, 0.3) is 0 Å². The summed E-state index contributed by atoms with van der Waals surface area (Å²) >= 11 is 0. The Morgan fingerprint density at radius 3 is 2.04 bits per heavy atom.